The van der Waals surface area contributed by atoms with Crippen molar-refractivity contribution in [2.75, 3.05) is 66.9 Å². The normalized spacial score (nSPS) is 18.8. The SMILES string of the molecule is CN(C[n+]1cnc(N2CCC(C)(N(C)c3ccc(C(=O)NCc4ccccc4)cn3)C2)c2cc[nH]c21)C(=O)c1ccc(N(C)C2(C)CCN(c3ncnc4[nH]ccc34)C2)nc1. The van der Waals surface area contributed by atoms with Gasteiger partial charge in [-0.3, -0.25) is 14.6 Å². The van der Waals surface area contributed by atoms with Crippen LogP contribution in [-0.4, -0.2) is 110 Å². The summed E-state index contributed by atoms with van der Waals surface area (Å²) in [7, 11) is 5.91. The average molecular weight is 820 g/mol. The summed E-state index contributed by atoms with van der Waals surface area (Å²) in [4.78, 5) is 67.2. The molecule has 312 valence electrons. The minimum absolute atomic E-state index is 0.136. The highest BCUT2D eigenvalue weighted by atomic mass is 16.2. The van der Waals surface area contributed by atoms with Gasteiger partial charge in [-0.2, -0.15) is 0 Å². The molecular weight excluding hydrogens is 769 g/mol. The molecule has 0 radical (unpaired) electrons. The Morgan fingerprint density at radius 2 is 1.36 bits per heavy atom. The zero-order valence-electron chi connectivity index (χ0n) is 35.2. The molecule has 9 rings (SSSR count). The number of rotatable bonds is 12. The van der Waals surface area contributed by atoms with E-state index < -0.39 is 0 Å². The Balaban J connectivity index is 0.820. The molecule has 6 aromatic heterocycles. The summed E-state index contributed by atoms with van der Waals surface area (Å²) in [6, 6.07) is 21.4. The molecule has 16 nitrogen and oxygen atoms in total. The Kier molecular flexibility index (Phi) is 10.2. The van der Waals surface area contributed by atoms with Gasteiger partial charge in [-0.1, -0.05) is 35.3 Å². The minimum atomic E-state index is -0.228. The molecule has 0 spiro atoms. The summed E-state index contributed by atoms with van der Waals surface area (Å²) in [5.41, 5.74) is 3.37. The zero-order chi connectivity index (χ0) is 42.3. The Morgan fingerprint density at radius 1 is 0.738 bits per heavy atom. The molecule has 2 fully saturated rings. The summed E-state index contributed by atoms with van der Waals surface area (Å²) in [5, 5.41) is 4.96. The van der Waals surface area contributed by atoms with E-state index in [2.05, 4.69) is 77.8 Å². The fraction of sp³-hybridized carbons (Fsp3) is 0.333. The molecule has 2 atom stereocenters. The second-order valence-electron chi connectivity index (χ2n) is 16.8. The van der Waals surface area contributed by atoms with Gasteiger partial charge in [-0.15, -0.1) is 0 Å². The molecule has 2 saturated heterocycles. The number of aromatic amines is 2. The number of benzene rings is 1. The summed E-state index contributed by atoms with van der Waals surface area (Å²) < 4.78 is 1.96. The molecule has 2 aliphatic heterocycles. The van der Waals surface area contributed by atoms with Crippen LogP contribution in [0.1, 0.15) is 53.0 Å². The number of carbonyl (C=O) groups excluding carboxylic acids is 2. The number of nitrogens with zero attached hydrogens (tertiary/aromatic N) is 11. The summed E-state index contributed by atoms with van der Waals surface area (Å²) >= 11 is 0. The van der Waals surface area contributed by atoms with E-state index in [1.54, 1.807) is 37.0 Å². The van der Waals surface area contributed by atoms with Crippen molar-refractivity contribution in [3.63, 3.8) is 0 Å². The van der Waals surface area contributed by atoms with Crippen molar-refractivity contribution in [2.24, 2.45) is 0 Å². The molecule has 2 amide bonds. The lowest BCUT2D eigenvalue weighted by atomic mass is 9.99. The van der Waals surface area contributed by atoms with Gasteiger partial charge < -0.3 is 34.8 Å². The fourth-order valence-electron chi connectivity index (χ4n) is 8.68. The van der Waals surface area contributed by atoms with Gasteiger partial charge in [-0.25, -0.2) is 24.5 Å². The molecule has 0 bridgehead atoms. The summed E-state index contributed by atoms with van der Waals surface area (Å²) in [5.74, 6) is 3.13. The molecule has 0 saturated carbocycles. The van der Waals surface area contributed by atoms with Crippen LogP contribution in [0.3, 0.4) is 0 Å². The molecule has 1 aromatic carbocycles. The maximum Gasteiger partial charge on any atom is 0.257 e. The highest BCUT2D eigenvalue weighted by molar-refractivity contribution is 5.94. The van der Waals surface area contributed by atoms with Crippen molar-refractivity contribution >= 4 is 57.2 Å². The van der Waals surface area contributed by atoms with E-state index in [0.717, 1.165) is 89.9 Å². The Labute approximate surface area is 354 Å². The van der Waals surface area contributed by atoms with E-state index in [1.807, 2.05) is 83.7 Å². The summed E-state index contributed by atoms with van der Waals surface area (Å²) in [6.07, 6.45) is 12.3. The second kappa shape index (κ2) is 15.8. The van der Waals surface area contributed by atoms with Crippen LogP contribution in [0.4, 0.5) is 23.3 Å². The number of aromatic nitrogens is 8. The predicted octanol–water partition coefficient (Wildman–Crippen LogP) is 4.78. The van der Waals surface area contributed by atoms with Crippen molar-refractivity contribution in [3.8, 4) is 0 Å². The number of likely N-dealkylation sites (N-methyl/N-ethyl adjacent to an activating group) is 2. The largest absolute Gasteiger partial charge is 0.354 e. The number of hydrogen-bond donors (Lipinski definition) is 3. The molecule has 8 heterocycles. The van der Waals surface area contributed by atoms with Crippen LogP contribution in [0, 0.1) is 0 Å². The lowest BCUT2D eigenvalue weighted by molar-refractivity contribution is -0.691. The van der Waals surface area contributed by atoms with Crippen molar-refractivity contribution in [3.05, 3.63) is 121 Å². The lowest BCUT2D eigenvalue weighted by Crippen LogP contribution is -2.47. The van der Waals surface area contributed by atoms with Gasteiger partial charge in [0.15, 0.2) is 0 Å². The predicted molar refractivity (Wildman–Crippen MR) is 236 cm³/mol. The molecule has 3 N–H and O–H groups in total. The minimum Gasteiger partial charge on any atom is -0.354 e. The molecular formula is C45H51N14O2+. The van der Waals surface area contributed by atoms with Crippen molar-refractivity contribution in [1.82, 2.24) is 45.1 Å². The zero-order valence-corrected chi connectivity index (χ0v) is 35.2. The number of nitrogens with one attached hydrogen (secondary N) is 3. The standard InChI is InChI=1S/C45H50N14O2/c1-44(17-21-57(26-44)39-34-15-19-46-38(34)51-28-52-39)56(5)37-14-12-33(25-49-37)43(61)54(3)30-59-29-53-41(35-16-20-47-40(35)59)58-22-18-45(2,27-58)55(4)36-13-11-32(24-48-36)42(60)50-23-31-9-7-6-8-10-31/h6-16,19-20,24-25,28-29H,17-18,21-23,26-27,30H2,1-5H3,(H2,46,50,51,52,60)/p+1. The maximum absolute atomic E-state index is 13.7. The molecule has 7 aromatic rings. The van der Waals surface area contributed by atoms with Crippen LogP contribution in [0.5, 0.6) is 0 Å². The Hall–Kier alpha value is -7.10. The quantitative estimate of drug-likeness (QED) is 0.146. The molecule has 2 aliphatic rings. The van der Waals surface area contributed by atoms with E-state index in [4.69, 9.17) is 9.97 Å². The van der Waals surface area contributed by atoms with Crippen molar-refractivity contribution < 1.29 is 14.2 Å². The number of pyridine rings is 2. The van der Waals surface area contributed by atoms with E-state index in [1.165, 1.54) is 0 Å². The van der Waals surface area contributed by atoms with Crippen molar-refractivity contribution in [2.45, 2.75) is 51.0 Å². The van der Waals surface area contributed by atoms with E-state index >= 15 is 0 Å². The van der Waals surface area contributed by atoms with Crippen LogP contribution in [-0.2, 0) is 13.2 Å². The van der Waals surface area contributed by atoms with Gasteiger partial charge in [0.1, 0.15) is 41.5 Å². The first-order valence-corrected chi connectivity index (χ1v) is 20.6. The van der Waals surface area contributed by atoms with Crippen LogP contribution in [0.15, 0.2) is 104 Å². The first-order chi connectivity index (χ1) is 29.5. The highest BCUT2D eigenvalue weighted by Gasteiger charge is 2.41. The Morgan fingerprint density at radius 3 is 2.02 bits per heavy atom. The van der Waals surface area contributed by atoms with Crippen molar-refractivity contribution in [1.29, 1.82) is 0 Å². The molecule has 0 aliphatic carbocycles. The van der Waals surface area contributed by atoms with Gasteiger partial charge in [0.05, 0.1) is 33.8 Å². The summed E-state index contributed by atoms with van der Waals surface area (Å²) in [6.45, 7) is 8.41. The van der Waals surface area contributed by atoms with E-state index in [0.29, 0.717) is 24.3 Å². The first kappa shape index (κ1) is 39.4. The lowest BCUT2D eigenvalue weighted by Gasteiger charge is -2.36. The maximum atomic E-state index is 13.7. The fourth-order valence-corrected chi connectivity index (χ4v) is 8.68. The number of carbonyl (C=O) groups is 2. The van der Waals surface area contributed by atoms with Crippen LogP contribution in [0.25, 0.3) is 22.1 Å². The number of anilines is 4. The van der Waals surface area contributed by atoms with Gasteiger partial charge in [0.2, 0.25) is 17.8 Å². The monoisotopic (exact) mass is 819 g/mol. The van der Waals surface area contributed by atoms with E-state index in [-0.39, 0.29) is 22.9 Å². The molecule has 2 unspecified atom stereocenters. The van der Waals surface area contributed by atoms with Gasteiger partial charge in [0.25, 0.3) is 11.8 Å². The first-order valence-electron chi connectivity index (χ1n) is 20.6. The van der Waals surface area contributed by atoms with Crippen LogP contribution in [0.2, 0.25) is 0 Å². The Bertz CT molecular complexity index is 2680. The van der Waals surface area contributed by atoms with Gasteiger partial charge in [0, 0.05) is 72.5 Å². The van der Waals surface area contributed by atoms with E-state index in [9.17, 15) is 9.59 Å². The third kappa shape index (κ3) is 7.53. The number of hydrogen-bond acceptors (Lipinski definition) is 11. The third-order valence-electron chi connectivity index (χ3n) is 12.7. The third-order valence-corrected chi connectivity index (χ3v) is 12.7. The van der Waals surface area contributed by atoms with Crippen LogP contribution < -0.4 is 29.5 Å². The number of amides is 2. The van der Waals surface area contributed by atoms with Crippen LogP contribution >= 0.6 is 0 Å². The number of H-pyrrole nitrogens is 2. The molecule has 61 heavy (non-hydrogen) atoms. The van der Waals surface area contributed by atoms with Gasteiger partial charge >= 0.3 is 0 Å². The molecule has 16 heteroatoms. The second-order valence-corrected chi connectivity index (χ2v) is 16.8. The highest BCUT2D eigenvalue weighted by Crippen LogP contribution is 2.36. The smallest absolute Gasteiger partial charge is 0.257 e. The number of fused-ring (bicyclic) bond motifs is 2. The van der Waals surface area contributed by atoms with Gasteiger partial charge in [-0.05, 0) is 68.7 Å². The topological polar surface area (TPSA) is 162 Å². The average Bonchev–Trinajstić information content (AvgIpc) is 4.13.